The Bertz CT molecular complexity index is 645. The van der Waals surface area contributed by atoms with Gasteiger partial charge < -0.3 is 4.74 Å². The van der Waals surface area contributed by atoms with Crippen molar-refractivity contribution < 1.29 is 18.3 Å². The van der Waals surface area contributed by atoms with Crippen molar-refractivity contribution in [3.05, 3.63) is 64.7 Å². The van der Waals surface area contributed by atoms with E-state index in [1.807, 2.05) is 0 Å². The summed E-state index contributed by atoms with van der Waals surface area (Å²) in [6.07, 6.45) is 0.705. The fourth-order valence-corrected chi connectivity index (χ4v) is 2.19. The smallest absolute Gasteiger partial charge is 0.198 e. The Morgan fingerprint density at radius 3 is 2.58 bits per heavy atom. The largest absolute Gasteiger partial charge is 0.493 e. The van der Waals surface area contributed by atoms with Gasteiger partial charge in [-0.25, -0.2) is 8.78 Å². The lowest BCUT2D eigenvalue weighted by molar-refractivity contribution is 0.103. The van der Waals surface area contributed by atoms with E-state index in [0.717, 1.165) is 23.4 Å². The van der Waals surface area contributed by atoms with Crippen LogP contribution in [0, 0.1) is 11.6 Å². The van der Waals surface area contributed by atoms with Crippen LogP contribution in [-0.4, -0.2) is 12.4 Å². The van der Waals surface area contributed by atoms with Crippen LogP contribution in [0.2, 0.25) is 0 Å². The Labute approximate surface area is 108 Å². The van der Waals surface area contributed by atoms with Crippen molar-refractivity contribution in [2.24, 2.45) is 0 Å². The highest BCUT2D eigenvalue weighted by molar-refractivity contribution is 6.09. The molecule has 1 aliphatic heterocycles. The maximum Gasteiger partial charge on any atom is 0.198 e. The van der Waals surface area contributed by atoms with Gasteiger partial charge in [0.15, 0.2) is 5.78 Å². The summed E-state index contributed by atoms with van der Waals surface area (Å²) in [5.74, 6) is -1.61. The number of hydrogen-bond donors (Lipinski definition) is 0. The molecule has 2 aromatic carbocycles. The fraction of sp³-hybridized carbons (Fsp3) is 0.133. The lowest BCUT2D eigenvalue weighted by Crippen LogP contribution is -2.07. The van der Waals surface area contributed by atoms with Crippen molar-refractivity contribution in [3.8, 4) is 5.75 Å². The second kappa shape index (κ2) is 4.46. The van der Waals surface area contributed by atoms with E-state index in [1.54, 1.807) is 12.1 Å². The van der Waals surface area contributed by atoms with Crippen molar-refractivity contribution in [1.82, 2.24) is 0 Å². The van der Waals surface area contributed by atoms with Gasteiger partial charge >= 0.3 is 0 Å². The molecule has 96 valence electrons. The number of carbonyl (C=O) groups excluding carboxylic acids is 1. The topological polar surface area (TPSA) is 26.3 Å². The van der Waals surface area contributed by atoms with E-state index in [4.69, 9.17) is 4.74 Å². The van der Waals surface area contributed by atoms with E-state index in [9.17, 15) is 13.6 Å². The lowest BCUT2D eigenvalue weighted by atomic mass is 9.99. The van der Waals surface area contributed by atoms with Crippen LogP contribution in [0.25, 0.3) is 0 Å². The number of carbonyl (C=O) groups is 1. The van der Waals surface area contributed by atoms with Crippen molar-refractivity contribution in [2.75, 3.05) is 6.61 Å². The molecule has 2 aromatic rings. The predicted molar refractivity (Wildman–Crippen MR) is 65.4 cm³/mol. The van der Waals surface area contributed by atoms with E-state index >= 15 is 0 Å². The minimum absolute atomic E-state index is 0.272. The maximum atomic E-state index is 13.6. The molecule has 19 heavy (non-hydrogen) atoms. The quantitative estimate of drug-likeness (QED) is 0.775. The predicted octanol–water partition coefficient (Wildman–Crippen LogP) is 3.13. The van der Waals surface area contributed by atoms with Gasteiger partial charge in [0.05, 0.1) is 12.2 Å². The van der Waals surface area contributed by atoms with Gasteiger partial charge in [-0.1, -0.05) is 6.07 Å². The minimum atomic E-state index is -0.846. The molecule has 0 radical (unpaired) electrons. The van der Waals surface area contributed by atoms with Crippen LogP contribution < -0.4 is 4.74 Å². The molecule has 3 rings (SSSR count). The Hall–Kier alpha value is -2.23. The molecule has 0 bridgehead atoms. The van der Waals surface area contributed by atoms with E-state index < -0.39 is 23.0 Å². The number of fused-ring (bicyclic) bond motifs is 1. The Morgan fingerprint density at radius 2 is 1.84 bits per heavy atom. The molecule has 1 aliphatic rings. The third kappa shape index (κ3) is 1.99. The van der Waals surface area contributed by atoms with Crippen LogP contribution in [-0.2, 0) is 6.42 Å². The molecule has 0 saturated carbocycles. The molecular formula is C15H10F2O2. The number of ketones is 1. The van der Waals surface area contributed by atoms with E-state index in [0.29, 0.717) is 13.0 Å². The second-order valence-corrected chi connectivity index (χ2v) is 4.35. The molecule has 0 fully saturated rings. The first-order chi connectivity index (χ1) is 9.16. The molecule has 0 aromatic heterocycles. The van der Waals surface area contributed by atoms with Gasteiger partial charge in [-0.15, -0.1) is 0 Å². The van der Waals surface area contributed by atoms with Gasteiger partial charge in [0.1, 0.15) is 17.4 Å². The Balaban J connectivity index is 2.05. The third-order valence-electron chi connectivity index (χ3n) is 3.14. The highest BCUT2D eigenvalue weighted by Gasteiger charge is 2.21. The van der Waals surface area contributed by atoms with Crippen LogP contribution in [0.15, 0.2) is 36.4 Å². The van der Waals surface area contributed by atoms with Crippen molar-refractivity contribution in [2.45, 2.75) is 6.42 Å². The average Bonchev–Trinajstić information content (AvgIpc) is 2.85. The summed E-state index contributed by atoms with van der Waals surface area (Å²) in [5.41, 5.74) is 0.650. The van der Waals surface area contributed by atoms with Gasteiger partial charge in [0, 0.05) is 12.0 Å². The lowest BCUT2D eigenvalue weighted by Gasteiger charge is -2.05. The van der Waals surface area contributed by atoms with Gasteiger partial charge in [-0.3, -0.25) is 4.79 Å². The number of ether oxygens (including phenoxy) is 1. The number of hydrogen-bond acceptors (Lipinski definition) is 2. The SMILES string of the molecule is O=C(c1ccc2c(c1)CCO2)c1c(F)cccc1F. The normalized spacial score (nSPS) is 12.9. The monoisotopic (exact) mass is 260 g/mol. The molecule has 0 atom stereocenters. The van der Waals surface area contributed by atoms with Gasteiger partial charge in [-0.05, 0) is 35.9 Å². The van der Waals surface area contributed by atoms with E-state index in [-0.39, 0.29) is 5.56 Å². The van der Waals surface area contributed by atoms with E-state index in [1.165, 1.54) is 12.1 Å². The average molecular weight is 260 g/mol. The first-order valence-electron chi connectivity index (χ1n) is 5.91. The molecule has 0 aliphatic carbocycles. The van der Waals surface area contributed by atoms with Crippen LogP contribution in [0.5, 0.6) is 5.75 Å². The van der Waals surface area contributed by atoms with Crippen LogP contribution >= 0.6 is 0 Å². The summed E-state index contributed by atoms with van der Waals surface area (Å²) in [6.45, 7) is 0.570. The summed E-state index contributed by atoms with van der Waals surface area (Å²) in [5, 5.41) is 0. The molecular weight excluding hydrogens is 250 g/mol. The van der Waals surface area contributed by atoms with Crippen LogP contribution in [0.4, 0.5) is 8.78 Å². The zero-order valence-electron chi connectivity index (χ0n) is 9.95. The van der Waals surface area contributed by atoms with Crippen LogP contribution in [0.1, 0.15) is 21.5 Å². The Morgan fingerprint density at radius 1 is 1.11 bits per heavy atom. The third-order valence-corrected chi connectivity index (χ3v) is 3.14. The molecule has 0 spiro atoms. The van der Waals surface area contributed by atoms with Gasteiger partial charge in [0.25, 0.3) is 0 Å². The Kier molecular flexibility index (Phi) is 2.78. The maximum absolute atomic E-state index is 13.6. The zero-order chi connectivity index (χ0) is 13.4. The first-order valence-corrected chi connectivity index (χ1v) is 5.91. The molecule has 1 heterocycles. The molecule has 2 nitrogen and oxygen atoms in total. The van der Waals surface area contributed by atoms with Crippen LogP contribution in [0.3, 0.4) is 0 Å². The number of halogens is 2. The highest BCUT2D eigenvalue weighted by atomic mass is 19.1. The number of rotatable bonds is 2. The molecule has 4 heteroatoms. The summed E-state index contributed by atoms with van der Waals surface area (Å²) in [4.78, 5) is 12.2. The van der Waals surface area contributed by atoms with E-state index in [2.05, 4.69) is 0 Å². The first kappa shape index (κ1) is 11.8. The molecule has 0 saturated heterocycles. The van der Waals surface area contributed by atoms with Crippen molar-refractivity contribution in [3.63, 3.8) is 0 Å². The highest BCUT2D eigenvalue weighted by Crippen LogP contribution is 2.27. The minimum Gasteiger partial charge on any atom is -0.493 e. The van der Waals surface area contributed by atoms with Gasteiger partial charge in [0.2, 0.25) is 0 Å². The molecule has 0 N–H and O–H groups in total. The fourth-order valence-electron chi connectivity index (χ4n) is 2.19. The summed E-state index contributed by atoms with van der Waals surface area (Å²) < 4.78 is 32.5. The number of benzene rings is 2. The summed E-state index contributed by atoms with van der Waals surface area (Å²) >= 11 is 0. The van der Waals surface area contributed by atoms with Crippen molar-refractivity contribution >= 4 is 5.78 Å². The second-order valence-electron chi connectivity index (χ2n) is 4.35. The molecule has 0 amide bonds. The standard InChI is InChI=1S/C15H10F2O2/c16-11-2-1-3-12(17)14(11)15(18)10-4-5-13-9(8-10)6-7-19-13/h1-5,8H,6-7H2. The van der Waals surface area contributed by atoms with Gasteiger partial charge in [-0.2, -0.15) is 0 Å². The molecule has 0 unspecified atom stereocenters. The zero-order valence-corrected chi connectivity index (χ0v) is 9.95. The van der Waals surface area contributed by atoms with Crippen molar-refractivity contribution in [1.29, 1.82) is 0 Å². The summed E-state index contributed by atoms with van der Waals surface area (Å²) in [6, 6.07) is 8.21. The summed E-state index contributed by atoms with van der Waals surface area (Å²) in [7, 11) is 0.